The molecule has 1 atom stereocenters. The summed E-state index contributed by atoms with van der Waals surface area (Å²) in [5.41, 5.74) is 0. The Kier molecular flexibility index (Phi) is 9.77. The van der Waals surface area contributed by atoms with Crippen LogP contribution in [0.2, 0.25) is 0 Å². The molecule has 0 aliphatic rings. The third kappa shape index (κ3) is 10.4. The third-order valence-corrected chi connectivity index (χ3v) is 2.39. The number of carbonyl (C=O) groups is 2. The van der Waals surface area contributed by atoms with Crippen molar-refractivity contribution in [2.45, 2.75) is 45.0 Å². The predicted molar refractivity (Wildman–Crippen MR) is 74.8 cm³/mol. The van der Waals surface area contributed by atoms with Crippen LogP contribution in [0.5, 0.6) is 0 Å². The molecule has 0 heterocycles. The van der Waals surface area contributed by atoms with Gasteiger partial charge in [-0.1, -0.05) is 0 Å². The summed E-state index contributed by atoms with van der Waals surface area (Å²) in [4.78, 5) is 22.4. The second kappa shape index (κ2) is 10.2. The number of ether oxygens (including phenoxy) is 1. The zero-order valence-electron chi connectivity index (χ0n) is 11.4. The van der Waals surface area contributed by atoms with Crippen LogP contribution in [0.3, 0.4) is 0 Å². The summed E-state index contributed by atoms with van der Waals surface area (Å²) < 4.78 is 5.16. The fraction of sp³-hybridized carbons (Fsp3) is 0.833. The molecule has 18 heavy (non-hydrogen) atoms. The van der Waals surface area contributed by atoms with E-state index in [4.69, 9.17) is 4.74 Å². The van der Waals surface area contributed by atoms with Gasteiger partial charge in [-0.15, -0.1) is 0 Å². The van der Waals surface area contributed by atoms with Crippen LogP contribution in [0.1, 0.15) is 33.6 Å². The molecule has 0 aromatic carbocycles. The first kappa shape index (κ1) is 17.2. The molecule has 0 aliphatic heterocycles. The Balaban J connectivity index is 3.35. The number of hydrogen-bond donors (Lipinski definition) is 3. The summed E-state index contributed by atoms with van der Waals surface area (Å²) in [7, 11) is 0. The molecule has 0 saturated carbocycles. The molecule has 0 aromatic rings. The van der Waals surface area contributed by atoms with E-state index in [1.165, 1.54) is 0 Å². The smallest absolute Gasteiger partial charge is 0.246 e. The third-order valence-electron chi connectivity index (χ3n) is 2.15. The molecular weight excluding hydrogens is 252 g/mol. The van der Waals surface area contributed by atoms with E-state index >= 15 is 0 Å². The topological polar surface area (TPSA) is 67.4 Å². The lowest BCUT2D eigenvalue weighted by atomic mass is 10.3. The van der Waals surface area contributed by atoms with E-state index < -0.39 is 0 Å². The van der Waals surface area contributed by atoms with Crippen molar-refractivity contribution in [3.05, 3.63) is 0 Å². The summed E-state index contributed by atoms with van der Waals surface area (Å²) in [6, 6.07) is 0. The van der Waals surface area contributed by atoms with Crippen LogP contribution in [0.4, 0.5) is 0 Å². The molecule has 0 rings (SSSR count). The van der Waals surface area contributed by atoms with Gasteiger partial charge in [0.2, 0.25) is 11.8 Å². The Morgan fingerprint density at radius 1 is 1.11 bits per heavy atom. The molecule has 0 saturated heterocycles. The summed E-state index contributed by atoms with van der Waals surface area (Å²) in [5.74, 6) is -0.163. The highest BCUT2D eigenvalue weighted by atomic mass is 32.1. The predicted octanol–water partition coefficient (Wildman–Crippen LogP) is 0.742. The van der Waals surface area contributed by atoms with Crippen LogP contribution < -0.4 is 10.6 Å². The van der Waals surface area contributed by atoms with Crippen molar-refractivity contribution < 1.29 is 14.3 Å². The van der Waals surface area contributed by atoms with E-state index in [1.54, 1.807) is 6.92 Å². The van der Waals surface area contributed by atoms with Gasteiger partial charge in [0.05, 0.1) is 11.4 Å². The SMILES string of the molecule is CC(C)OCC(=O)NCCCCNC(=O)C(C)S. The second-order valence-corrected chi connectivity index (χ2v) is 5.16. The molecule has 0 bridgehead atoms. The fourth-order valence-electron chi connectivity index (χ4n) is 1.13. The molecule has 6 heteroatoms. The van der Waals surface area contributed by atoms with Crippen molar-refractivity contribution in [2.75, 3.05) is 19.7 Å². The summed E-state index contributed by atoms with van der Waals surface area (Å²) in [5, 5.41) is 5.24. The van der Waals surface area contributed by atoms with Gasteiger partial charge in [0.15, 0.2) is 0 Å². The average molecular weight is 276 g/mol. The molecule has 2 amide bonds. The number of rotatable bonds is 9. The Bertz CT molecular complexity index is 258. The van der Waals surface area contributed by atoms with Gasteiger partial charge in [-0.05, 0) is 33.6 Å². The van der Waals surface area contributed by atoms with E-state index in [2.05, 4.69) is 23.3 Å². The summed E-state index contributed by atoms with van der Waals surface area (Å²) in [6.45, 7) is 6.82. The highest BCUT2D eigenvalue weighted by Gasteiger charge is 2.06. The first-order valence-corrected chi connectivity index (χ1v) is 6.79. The van der Waals surface area contributed by atoms with Crippen LogP contribution >= 0.6 is 12.6 Å². The summed E-state index contributed by atoms with van der Waals surface area (Å²) in [6.07, 6.45) is 1.72. The van der Waals surface area contributed by atoms with Gasteiger partial charge in [-0.3, -0.25) is 9.59 Å². The van der Waals surface area contributed by atoms with Crippen molar-refractivity contribution in [1.82, 2.24) is 10.6 Å². The quantitative estimate of drug-likeness (QED) is 0.430. The standard InChI is InChI=1S/C12H24N2O3S/c1-9(2)17-8-11(15)13-6-4-5-7-14-12(16)10(3)18/h9-10,18H,4-8H2,1-3H3,(H,13,15)(H,14,16). The number of unbranched alkanes of at least 4 members (excludes halogenated alkanes) is 1. The van der Waals surface area contributed by atoms with Gasteiger partial charge >= 0.3 is 0 Å². The molecule has 5 nitrogen and oxygen atoms in total. The maximum Gasteiger partial charge on any atom is 0.246 e. The Labute approximate surface area is 114 Å². The van der Waals surface area contributed by atoms with Crippen molar-refractivity contribution >= 4 is 24.4 Å². The normalized spacial score (nSPS) is 12.3. The molecule has 0 spiro atoms. The highest BCUT2D eigenvalue weighted by molar-refractivity contribution is 7.81. The van der Waals surface area contributed by atoms with E-state index in [9.17, 15) is 9.59 Å². The highest BCUT2D eigenvalue weighted by Crippen LogP contribution is 1.92. The fourth-order valence-corrected chi connectivity index (χ4v) is 1.22. The van der Waals surface area contributed by atoms with Crippen molar-refractivity contribution in [2.24, 2.45) is 0 Å². The Morgan fingerprint density at radius 2 is 1.67 bits per heavy atom. The maximum atomic E-state index is 11.3. The molecule has 0 radical (unpaired) electrons. The lowest BCUT2D eigenvalue weighted by Gasteiger charge is -2.09. The number of nitrogens with one attached hydrogen (secondary N) is 2. The molecule has 0 aromatic heterocycles. The summed E-state index contributed by atoms with van der Waals surface area (Å²) >= 11 is 4.02. The molecule has 0 fully saturated rings. The van der Waals surface area contributed by atoms with Gasteiger partial charge in [0.1, 0.15) is 6.61 Å². The van der Waals surface area contributed by atoms with E-state index in [1.807, 2.05) is 13.8 Å². The van der Waals surface area contributed by atoms with Gasteiger partial charge in [0, 0.05) is 13.1 Å². The number of carbonyl (C=O) groups excluding carboxylic acids is 2. The molecule has 106 valence electrons. The van der Waals surface area contributed by atoms with Gasteiger partial charge in [-0.2, -0.15) is 12.6 Å². The lowest BCUT2D eigenvalue weighted by Crippen LogP contribution is -2.32. The Hall–Kier alpha value is -0.750. The Morgan fingerprint density at radius 3 is 2.17 bits per heavy atom. The number of hydrogen-bond acceptors (Lipinski definition) is 4. The van der Waals surface area contributed by atoms with Crippen LogP contribution in [0.25, 0.3) is 0 Å². The van der Waals surface area contributed by atoms with Crippen LogP contribution in [0.15, 0.2) is 0 Å². The number of thiol groups is 1. The van der Waals surface area contributed by atoms with Gasteiger partial charge in [-0.25, -0.2) is 0 Å². The zero-order valence-corrected chi connectivity index (χ0v) is 12.3. The van der Waals surface area contributed by atoms with Crippen molar-refractivity contribution in [1.29, 1.82) is 0 Å². The first-order valence-electron chi connectivity index (χ1n) is 6.27. The molecule has 2 N–H and O–H groups in total. The molecular formula is C12H24N2O3S. The van der Waals surface area contributed by atoms with Crippen LogP contribution in [-0.2, 0) is 14.3 Å². The lowest BCUT2D eigenvalue weighted by molar-refractivity contribution is -0.127. The van der Waals surface area contributed by atoms with Crippen LogP contribution in [-0.4, -0.2) is 42.9 Å². The van der Waals surface area contributed by atoms with Crippen molar-refractivity contribution in [3.8, 4) is 0 Å². The maximum absolute atomic E-state index is 11.3. The largest absolute Gasteiger partial charge is 0.369 e. The minimum atomic E-state index is -0.280. The minimum absolute atomic E-state index is 0.0623. The monoisotopic (exact) mass is 276 g/mol. The number of amides is 2. The molecule has 0 aliphatic carbocycles. The van der Waals surface area contributed by atoms with Gasteiger partial charge < -0.3 is 15.4 Å². The van der Waals surface area contributed by atoms with E-state index in [0.717, 1.165) is 12.8 Å². The zero-order chi connectivity index (χ0) is 14.0. The van der Waals surface area contributed by atoms with Gasteiger partial charge in [0.25, 0.3) is 0 Å². The van der Waals surface area contributed by atoms with Crippen LogP contribution in [0, 0.1) is 0 Å². The van der Waals surface area contributed by atoms with E-state index in [0.29, 0.717) is 13.1 Å². The first-order chi connectivity index (χ1) is 8.43. The van der Waals surface area contributed by atoms with E-state index in [-0.39, 0.29) is 29.8 Å². The van der Waals surface area contributed by atoms with Crippen molar-refractivity contribution in [3.63, 3.8) is 0 Å². The minimum Gasteiger partial charge on any atom is -0.369 e. The molecule has 1 unspecified atom stereocenters. The average Bonchev–Trinajstić information content (AvgIpc) is 2.30. The second-order valence-electron chi connectivity index (χ2n) is 4.38.